The molecule has 1 atom stereocenters. The Morgan fingerprint density at radius 1 is 1.18 bits per heavy atom. The van der Waals surface area contributed by atoms with E-state index in [1.165, 1.54) is 11.1 Å². The van der Waals surface area contributed by atoms with E-state index in [2.05, 4.69) is 17.4 Å². The van der Waals surface area contributed by atoms with Gasteiger partial charge in [0.15, 0.2) is 0 Å². The molecular formula is C22H24F2N2O2. The molecule has 4 nitrogen and oxygen atoms in total. The van der Waals surface area contributed by atoms with Crippen LogP contribution in [0.4, 0.5) is 8.78 Å². The van der Waals surface area contributed by atoms with Gasteiger partial charge in [-0.15, -0.1) is 0 Å². The first-order chi connectivity index (χ1) is 13.5. The number of hydrogen-bond acceptors (Lipinski definition) is 2. The summed E-state index contributed by atoms with van der Waals surface area (Å²) in [6.45, 7) is 0.247. The zero-order chi connectivity index (χ0) is 20.1. The maximum atomic E-state index is 13.6. The summed E-state index contributed by atoms with van der Waals surface area (Å²) in [5.41, 5.74) is 2.31. The highest BCUT2D eigenvalue weighted by Crippen LogP contribution is 2.33. The van der Waals surface area contributed by atoms with Gasteiger partial charge in [0.25, 0.3) is 5.91 Å². The molecule has 2 aromatic carbocycles. The molecule has 28 heavy (non-hydrogen) atoms. The van der Waals surface area contributed by atoms with Crippen LogP contribution in [0, 0.1) is 11.6 Å². The first-order valence-corrected chi connectivity index (χ1v) is 9.54. The van der Waals surface area contributed by atoms with Crippen LogP contribution in [0.1, 0.15) is 53.2 Å². The predicted molar refractivity (Wildman–Crippen MR) is 103 cm³/mol. The summed E-state index contributed by atoms with van der Waals surface area (Å²) in [5.74, 6) is -2.22. The van der Waals surface area contributed by atoms with Gasteiger partial charge in [0.2, 0.25) is 5.91 Å². The lowest BCUT2D eigenvalue weighted by atomic mass is 9.87. The molecule has 0 aromatic heterocycles. The maximum Gasteiger partial charge on any atom is 0.254 e. The van der Waals surface area contributed by atoms with E-state index in [0.29, 0.717) is 18.9 Å². The quantitative estimate of drug-likeness (QED) is 0.763. The van der Waals surface area contributed by atoms with Crippen molar-refractivity contribution in [3.05, 3.63) is 70.8 Å². The smallest absolute Gasteiger partial charge is 0.254 e. The van der Waals surface area contributed by atoms with Crippen LogP contribution in [-0.2, 0) is 11.2 Å². The molecule has 0 spiro atoms. The Kier molecular flexibility index (Phi) is 6.39. The van der Waals surface area contributed by atoms with E-state index in [1.807, 2.05) is 19.2 Å². The molecular weight excluding hydrogens is 362 g/mol. The Morgan fingerprint density at radius 2 is 1.96 bits per heavy atom. The number of rotatable bonds is 6. The monoisotopic (exact) mass is 386 g/mol. The molecule has 2 aromatic rings. The summed E-state index contributed by atoms with van der Waals surface area (Å²) >= 11 is 0. The molecule has 148 valence electrons. The van der Waals surface area contributed by atoms with Crippen molar-refractivity contribution >= 4 is 11.8 Å². The van der Waals surface area contributed by atoms with Crippen LogP contribution in [0.3, 0.4) is 0 Å². The van der Waals surface area contributed by atoms with Crippen molar-refractivity contribution in [2.45, 2.75) is 38.1 Å². The Balaban J connectivity index is 1.49. The number of fused-ring (bicyclic) bond motifs is 1. The van der Waals surface area contributed by atoms with Gasteiger partial charge >= 0.3 is 0 Å². The highest BCUT2D eigenvalue weighted by Gasteiger charge is 2.26. The Labute approximate surface area is 163 Å². The second kappa shape index (κ2) is 8.95. The number of nitrogens with zero attached hydrogens (tertiary/aromatic N) is 1. The Bertz CT molecular complexity index is 869. The molecule has 0 saturated carbocycles. The summed E-state index contributed by atoms with van der Waals surface area (Å²) in [5, 5.41) is 2.58. The first-order valence-electron chi connectivity index (χ1n) is 9.54. The fourth-order valence-corrected chi connectivity index (χ4v) is 3.69. The average Bonchev–Trinajstić information content (AvgIpc) is 2.69. The molecule has 3 rings (SSSR count). The summed E-state index contributed by atoms with van der Waals surface area (Å²) in [7, 11) is 1.82. The molecule has 0 unspecified atom stereocenters. The van der Waals surface area contributed by atoms with Gasteiger partial charge in [-0.05, 0) is 48.9 Å². The third-order valence-electron chi connectivity index (χ3n) is 5.23. The number of carbonyl (C=O) groups excluding carboxylic acids is 2. The highest BCUT2D eigenvalue weighted by atomic mass is 19.1. The van der Waals surface area contributed by atoms with Gasteiger partial charge < -0.3 is 10.2 Å². The van der Waals surface area contributed by atoms with Gasteiger partial charge in [0, 0.05) is 26.1 Å². The van der Waals surface area contributed by atoms with Crippen LogP contribution in [0.25, 0.3) is 0 Å². The van der Waals surface area contributed by atoms with E-state index < -0.39 is 17.5 Å². The van der Waals surface area contributed by atoms with Gasteiger partial charge in [-0.3, -0.25) is 9.59 Å². The van der Waals surface area contributed by atoms with Crippen LogP contribution in [0.5, 0.6) is 0 Å². The largest absolute Gasteiger partial charge is 0.352 e. The number of aryl methyl sites for hydroxylation is 1. The molecule has 1 aliphatic rings. The SMILES string of the molecule is CN(C(=O)CCCNC(=O)c1ccc(F)cc1F)[C@H]1CCCc2ccccc21. The van der Waals surface area contributed by atoms with Crippen LogP contribution < -0.4 is 5.32 Å². The third kappa shape index (κ3) is 4.55. The maximum absolute atomic E-state index is 13.6. The van der Waals surface area contributed by atoms with Gasteiger partial charge in [0.05, 0.1) is 11.6 Å². The van der Waals surface area contributed by atoms with E-state index in [9.17, 15) is 18.4 Å². The number of hydrogen-bond donors (Lipinski definition) is 1. The number of carbonyl (C=O) groups is 2. The van der Waals surface area contributed by atoms with E-state index >= 15 is 0 Å². The third-order valence-corrected chi connectivity index (χ3v) is 5.23. The molecule has 0 heterocycles. The predicted octanol–water partition coefficient (Wildman–Crippen LogP) is 4.01. The summed E-state index contributed by atoms with van der Waals surface area (Å²) < 4.78 is 26.5. The molecule has 2 amide bonds. The highest BCUT2D eigenvalue weighted by molar-refractivity contribution is 5.94. The normalized spacial score (nSPS) is 15.6. The van der Waals surface area contributed by atoms with Crippen molar-refractivity contribution in [2.24, 2.45) is 0 Å². The zero-order valence-corrected chi connectivity index (χ0v) is 15.9. The molecule has 6 heteroatoms. The fourth-order valence-electron chi connectivity index (χ4n) is 3.69. The van der Waals surface area contributed by atoms with Crippen molar-refractivity contribution < 1.29 is 18.4 Å². The molecule has 0 bridgehead atoms. The number of halogens is 2. The lowest BCUT2D eigenvalue weighted by molar-refractivity contribution is -0.132. The average molecular weight is 386 g/mol. The van der Waals surface area contributed by atoms with E-state index in [1.54, 1.807) is 4.90 Å². The van der Waals surface area contributed by atoms with Gasteiger partial charge in [-0.25, -0.2) is 8.78 Å². The van der Waals surface area contributed by atoms with Crippen LogP contribution in [0.15, 0.2) is 42.5 Å². The van der Waals surface area contributed by atoms with Crippen molar-refractivity contribution in [2.75, 3.05) is 13.6 Å². The second-order valence-electron chi connectivity index (χ2n) is 7.10. The molecule has 1 N–H and O–H groups in total. The Morgan fingerprint density at radius 3 is 2.75 bits per heavy atom. The lowest BCUT2D eigenvalue weighted by Gasteiger charge is -2.33. The Hall–Kier alpha value is -2.76. The first kappa shape index (κ1) is 20.0. The number of nitrogens with one attached hydrogen (secondary N) is 1. The van der Waals surface area contributed by atoms with Crippen molar-refractivity contribution in [3.63, 3.8) is 0 Å². The number of amides is 2. The number of benzene rings is 2. The van der Waals surface area contributed by atoms with E-state index in [4.69, 9.17) is 0 Å². The van der Waals surface area contributed by atoms with E-state index in [-0.39, 0.29) is 24.1 Å². The fraction of sp³-hybridized carbons (Fsp3) is 0.364. The van der Waals surface area contributed by atoms with Crippen LogP contribution in [0.2, 0.25) is 0 Å². The summed E-state index contributed by atoms with van der Waals surface area (Å²) in [6.07, 6.45) is 3.78. The van der Waals surface area contributed by atoms with Crippen LogP contribution in [-0.4, -0.2) is 30.3 Å². The van der Waals surface area contributed by atoms with Gasteiger partial charge in [-0.1, -0.05) is 24.3 Å². The van der Waals surface area contributed by atoms with Gasteiger partial charge in [0.1, 0.15) is 11.6 Å². The minimum atomic E-state index is -0.899. The van der Waals surface area contributed by atoms with Crippen molar-refractivity contribution in [1.29, 1.82) is 0 Å². The second-order valence-corrected chi connectivity index (χ2v) is 7.10. The van der Waals surface area contributed by atoms with Crippen molar-refractivity contribution in [3.8, 4) is 0 Å². The summed E-state index contributed by atoms with van der Waals surface area (Å²) in [4.78, 5) is 26.3. The molecule has 0 saturated heterocycles. The van der Waals surface area contributed by atoms with Gasteiger partial charge in [-0.2, -0.15) is 0 Å². The minimum Gasteiger partial charge on any atom is -0.352 e. The standard InChI is InChI=1S/C22H24F2N2O2/c1-26(20-9-4-7-15-6-2-3-8-17(15)20)21(27)10-5-13-25-22(28)18-12-11-16(23)14-19(18)24/h2-3,6,8,11-12,14,20H,4-5,7,9-10,13H2,1H3,(H,25,28)/t20-/m0/s1. The molecule has 0 radical (unpaired) electrons. The van der Waals surface area contributed by atoms with E-state index in [0.717, 1.165) is 31.4 Å². The molecule has 0 fully saturated rings. The molecule has 1 aliphatic carbocycles. The minimum absolute atomic E-state index is 0.0175. The summed E-state index contributed by atoms with van der Waals surface area (Å²) in [6, 6.07) is 11.1. The van der Waals surface area contributed by atoms with Crippen molar-refractivity contribution in [1.82, 2.24) is 10.2 Å². The zero-order valence-electron chi connectivity index (χ0n) is 15.9. The van der Waals surface area contributed by atoms with Crippen LogP contribution >= 0.6 is 0 Å². The lowest BCUT2D eigenvalue weighted by Crippen LogP contribution is -2.34. The molecule has 0 aliphatic heterocycles. The topological polar surface area (TPSA) is 49.4 Å².